The van der Waals surface area contributed by atoms with Crippen molar-refractivity contribution in [2.45, 2.75) is 129 Å². The molecule has 0 spiro atoms. The maximum Gasteiger partial charge on any atom is -0.0308 e. The lowest BCUT2D eigenvalue weighted by atomic mass is 9.78. The molecule has 0 aromatic rings. The molecule has 0 aromatic carbocycles. The minimum absolute atomic E-state index is 0. The fourth-order valence-electron chi connectivity index (χ4n) is 2.37. The van der Waals surface area contributed by atoms with Gasteiger partial charge in [0.2, 0.25) is 0 Å². The van der Waals surface area contributed by atoms with Crippen LogP contribution < -0.4 is 0 Å². The summed E-state index contributed by atoms with van der Waals surface area (Å²) in [5.41, 5.74) is 0.667. The van der Waals surface area contributed by atoms with Crippen LogP contribution in [0.5, 0.6) is 0 Å². The molecule has 0 radical (unpaired) electrons. The van der Waals surface area contributed by atoms with Crippen LogP contribution in [0.1, 0.15) is 129 Å². The SMILES string of the molecule is C.C.CCC.CCC(CC)(CC)CC.CCC(CC)CC. The lowest BCUT2D eigenvalue weighted by Crippen LogP contribution is -2.15. The Kier molecular flexibility index (Phi) is 39.0. The molecule has 0 heteroatoms. The van der Waals surface area contributed by atoms with Crippen molar-refractivity contribution in [3.8, 4) is 0 Å². The van der Waals surface area contributed by atoms with Crippen molar-refractivity contribution in [1.82, 2.24) is 0 Å². The Bertz CT molecular complexity index is 106. The highest BCUT2D eigenvalue weighted by atomic mass is 14.3. The molecule has 0 saturated carbocycles. The van der Waals surface area contributed by atoms with Gasteiger partial charge in [0.1, 0.15) is 0 Å². The summed E-state index contributed by atoms with van der Waals surface area (Å²) in [5, 5.41) is 0. The van der Waals surface area contributed by atoms with Gasteiger partial charge in [0, 0.05) is 0 Å². The molecule has 0 heterocycles. The van der Waals surface area contributed by atoms with Crippen LogP contribution in [0.3, 0.4) is 0 Å². The zero-order valence-corrected chi connectivity index (χ0v) is 15.7. The number of rotatable bonds is 7. The van der Waals surface area contributed by atoms with Crippen LogP contribution in [0.25, 0.3) is 0 Å². The molecule has 0 rings (SSSR count). The van der Waals surface area contributed by atoms with E-state index in [0.717, 1.165) is 5.92 Å². The summed E-state index contributed by atoms with van der Waals surface area (Å²) in [6, 6.07) is 0. The monoisotopic (exact) mass is 304 g/mol. The van der Waals surface area contributed by atoms with Gasteiger partial charge in [-0.25, -0.2) is 0 Å². The van der Waals surface area contributed by atoms with E-state index in [1.807, 2.05) is 0 Å². The van der Waals surface area contributed by atoms with E-state index < -0.39 is 0 Å². The zero-order valence-electron chi connectivity index (χ0n) is 15.7. The van der Waals surface area contributed by atoms with Crippen LogP contribution in [0.4, 0.5) is 0 Å². The van der Waals surface area contributed by atoms with E-state index in [4.69, 9.17) is 0 Å². The summed E-state index contributed by atoms with van der Waals surface area (Å²) in [7, 11) is 0. The fourth-order valence-corrected chi connectivity index (χ4v) is 2.37. The van der Waals surface area contributed by atoms with E-state index in [2.05, 4.69) is 62.3 Å². The zero-order chi connectivity index (χ0) is 15.7. The molecule has 0 nitrogen and oxygen atoms in total. The minimum Gasteiger partial charge on any atom is -0.0776 e. The Hall–Kier alpha value is 0. The normalized spacial score (nSPS) is 9.43. The molecule has 0 aliphatic rings. The lowest BCUT2D eigenvalue weighted by Gasteiger charge is -2.28. The summed E-state index contributed by atoms with van der Waals surface area (Å²) < 4.78 is 0. The van der Waals surface area contributed by atoms with Crippen LogP contribution in [-0.4, -0.2) is 0 Å². The largest absolute Gasteiger partial charge is 0.0776 e. The topological polar surface area (TPSA) is 0 Å². The average molecular weight is 305 g/mol. The minimum atomic E-state index is 0. The molecular formula is C21H52. The van der Waals surface area contributed by atoms with E-state index in [0.29, 0.717) is 5.41 Å². The second-order valence-electron chi connectivity index (χ2n) is 5.71. The van der Waals surface area contributed by atoms with Crippen molar-refractivity contribution >= 4 is 0 Å². The van der Waals surface area contributed by atoms with Gasteiger partial charge in [-0.05, 0) is 11.3 Å². The van der Waals surface area contributed by atoms with E-state index in [9.17, 15) is 0 Å². The average Bonchev–Trinajstić information content (AvgIpc) is 2.45. The Morgan fingerprint density at radius 3 is 0.714 bits per heavy atom. The van der Waals surface area contributed by atoms with Gasteiger partial charge in [0.05, 0.1) is 0 Å². The molecule has 136 valence electrons. The Labute approximate surface area is 140 Å². The molecule has 0 aromatic heterocycles. The van der Waals surface area contributed by atoms with E-state index in [-0.39, 0.29) is 14.9 Å². The van der Waals surface area contributed by atoms with Gasteiger partial charge >= 0.3 is 0 Å². The summed E-state index contributed by atoms with van der Waals surface area (Å²) in [4.78, 5) is 0. The van der Waals surface area contributed by atoms with Gasteiger partial charge in [-0.15, -0.1) is 0 Å². The van der Waals surface area contributed by atoms with Crippen molar-refractivity contribution in [2.24, 2.45) is 11.3 Å². The first-order chi connectivity index (χ1) is 9.00. The molecule has 21 heavy (non-hydrogen) atoms. The quantitative estimate of drug-likeness (QED) is 0.440. The third-order valence-corrected chi connectivity index (χ3v) is 4.73. The van der Waals surface area contributed by atoms with Crippen molar-refractivity contribution in [3.63, 3.8) is 0 Å². The van der Waals surface area contributed by atoms with Gasteiger partial charge in [-0.1, -0.05) is 129 Å². The standard InChI is InChI=1S/C9H20.C7H16.C3H8.2CH4/c1-5-9(6-2,7-3)8-4;1-4-7(5-2)6-3;1-3-2;;/h5-8H2,1-4H3;7H,4-6H2,1-3H3;3H2,1-2H3;2*1H4. The lowest BCUT2D eigenvalue weighted by molar-refractivity contribution is 0.240. The molecule has 0 fully saturated rings. The number of hydrogen-bond donors (Lipinski definition) is 0. The van der Waals surface area contributed by atoms with Crippen molar-refractivity contribution in [1.29, 1.82) is 0 Å². The summed E-state index contributed by atoms with van der Waals surface area (Å²) in [5.74, 6) is 0.986. The van der Waals surface area contributed by atoms with Crippen molar-refractivity contribution in [3.05, 3.63) is 0 Å². The van der Waals surface area contributed by atoms with E-state index >= 15 is 0 Å². The first kappa shape index (κ1) is 32.8. The first-order valence-corrected chi connectivity index (χ1v) is 9.00. The van der Waals surface area contributed by atoms with Crippen LogP contribution in [0.15, 0.2) is 0 Å². The molecular weight excluding hydrogens is 252 g/mol. The molecule has 0 amide bonds. The highest BCUT2D eigenvalue weighted by Crippen LogP contribution is 2.33. The Morgan fingerprint density at radius 1 is 0.524 bits per heavy atom. The van der Waals surface area contributed by atoms with Crippen LogP contribution in [-0.2, 0) is 0 Å². The predicted octanol–water partition coefficient (Wildman–Crippen LogP) is 9.13. The second-order valence-corrected chi connectivity index (χ2v) is 5.71. The molecule has 0 N–H and O–H groups in total. The molecule has 0 unspecified atom stereocenters. The Morgan fingerprint density at radius 2 is 0.714 bits per heavy atom. The van der Waals surface area contributed by atoms with Crippen LogP contribution >= 0.6 is 0 Å². The molecule has 0 saturated heterocycles. The first-order valence-electron chi connectivity index (χ1n) is 9.00. The van der Waals surface area contributed by atoms with Gasteiger partial charge in [0.15, 0.2) is 0 Å². The summed E-state index contributed by atoms with van der Waals surface area (Å²) >= 11 is 0. The maximum atomic E-state index is 2.30. The van der Waals surface area contributed by atoms with Crippen LogP contribution in [0.2, 0.25) is 0 Å². The van der Waals surface area contributed by atoms with Gasteiger partial charge in [0.25, 0.3) is 0 Å². The Balaban J connectivity index is -0.0000000643. The molecule has 0 aliphatic heterocycles. The highest BCUT2D eigenvalue weighted by molar-refractivity contribution is 4.72. The fraction of sp³-hybridized carbons (Fsp3) is 1.00. The maximum absolute atomic E-state index is 2.30. The van der Waals surface area contributed by atoms with E-state index in [1.165, 1.54) is 51.4 Å². The van der Waals surface area contributed by atoms with Crippen molar-refractivity contribution in [2.75, 3.05) is 0 Å². The predicted molar refractivity (Wildman–Crippen MR) is 107 cm³/mol. The highest BCUT2D eigenvalue weighted by Gasteiger charge is 2.20. The van der Waals surface area contributed by atoms with Gasteiger partial charge in [-0.3, -0.25) is 0 Å². The molecule has 0 atom stereocenters. The van der Waals surface area contributed by atoms with Gasteiger partial charge in [-0.2, -0.15) is 0 Å². The van der Waals surface area contributed by atoms with Crippen LogP contribution in [0, 0.1) is 11.3 Å². The number of hydrogen-bond acceptors (Lipinski definition) is 0. The summed E-state index contributed by atoms with van der Waals surface area (Å²) in [6.45, 7) is 20.2. The second kappa shape index (κ2) is 25.0. The third-order valence-electron chi connectivity index (χ3n) is 4.73. The summed E-state index contributed by atoms with van der Waals surface area (Å²) in [6.07, 6.45) is 10.7. The smallest absolute Gasteiger partial charge is 0.0308 e. The van der Waals surface area contributed by atoms with Gasteiger partial charge < -0.3 is 0 Å². The third kappa shape index (κ3) is 20.0. The van der Waals surface area contributed by atoms with Crippen molar-refractivity contribution < 1.29 is 0 Å². The molecule has 0 bridgehead atoms. The van der Waals surface area contributed by atoms with E-state index in [1.54, 1.807) is 0 Å². The molecule has 0 aliphatic carbocycles.